The van der Waals surface area contributed by atoms with E-state index < -0.39 is 5.97 Å². The van der Waals surface area contributed by atoms with E-state index in [1.165, 1.54) is 167 Å². The normalized spacial score (nSPS) is 12.5. The van der Waals surface area contributed by atoms with Crippen LogP contribution >= 0.6 is 0 Å². The van der Waals surface area contributed by atoms with E-state index in [0.717, 1.165) is 25.7 Å². The lowest BCUT2D eigenvalue weighted by Crippen LogP contribution is -2.37. The molecule has 0 aliphatic rings. The standard InChI is InChI=1S/C20H42N2O.C18H36O2/c1-3-4-5-6-7-8-9-10-11-12-13-14-15-16-17-19(18(2)21)20(22)23;1-2-3-4-5-6-7-8-9-10-11-12-13-14-15-16-17-18(19)20/h18-19H,3-17,21H2,1-2H3,(H2,22,23);2-17H2,1H3,(H,19,20). The van der Waals surface area contributed by atoms with E-state index in [-0.39, 0.29) is 17.9 Å². The van der Waals surface area contributed by atoms with Gasteiger partial charge in [0.25, 0.3) is 0 Å². The van der Waals surface area contributed by atoms with Gasteiger partial charge in [-0.05, 0) is 19.8 Å². The monoisotopic (exact) mass is 611 g/mol. The summed E-state index contributed by atoms with van der Waals surface area (Å²) in [6, 6.07) is -0.116. The zero-order valence-electron chi connectivity index (χ0n) is 29.5. The smallest absolute Gasteiger partial charge is 0.303 e. The molecule has 0 radical (unpaired) electrons. The molecule has 0 fully saturated rings. The van der Waals surface area contributed by atoms with Crippen molar-refractivity contribution in [1.29, 1.82) is 0 Å². The van der Waals surface area contributed by atoms with Gasteiger partial charge in [0.2, 0.25) is 5.91 Å². The van der Waals surface area contributed by atoms with E-state index in [2.05, 4.69) is 13.8 Å². The Morgan fingerprint density at radius 2 is 0.744 bits per heavy atom. The van der Waals surface area contributed by atoms with E-state index in [1.54, 1.807) is 0 Å². The van der Waals surface area contributed by atoms with Gasteiger partial charge in [-0.2, -0.15) is 0 Å². The number of carboxylic acid groups (broad SMARTS) is 1. The van der Waals surface area contributed by atoms with Gasteiger partial charge in [0.15, 0.2) is 0 Å². The highest BCUT2D eigenvalue weighted by molar-refractivity contribution is 5.77. The molecule has 258 valence electrons. The van der Waals surface area contributed by atoms with Crippen LogP contribution in [0, 0.1) is 5.92 Å². The average molecular weight is 611 g/mol. The first kappa shape index (κ1) is 44.0. The molecule has 0 rings (SSSR count). The quantitative estimate of drug-likeness (QED) is 0.0642. The Morgan fingerprint density at radius 3 is 0.977 bits per heavy atom. The van der Waals surface area contributed by atoms with Gasteiger partial charge in [-0.1, -0.05) is 194 Å². The molecule has 0 spiro atoms. The van der Waals surface area contributed by atoms with E-state index >= 15 is 0 Å². The lowest BCUT2D eigenvalue weighted by atomic mass is 9.94. The maximum Gasteiger partial charge on any atom is 0.303 e. The van der Waals surface area contributed by atoms with Crippen molar-refractivity contribution in [1.82, 2.24) is 0 Å². The van der Waals surface area contributed by atoms with Crippen molar-refractivity contribution in [2.45, 2.75) is 226 Å². The van der Waals surface area contributed by atoms with Crippen molar-refractivity contribution < 1.29 is 14.7 Å². The molecule has 0 aliphatic heterocycles. The van der Waals surface area contributed by atoms with Gasteiger partial charge in [0, 0.05) is 12.5 Å². The summed E-state index contributed by atoms with van der Waals surface area (Å²) >= 11 is 0. The van der Waals surface area contributed by atoms with Crippen molar-refractivity contribution in [2.24, 2.45) is 17.4 Å². The highest BCUT2D eigenvalue weighted by Gasteiger charge is 2.18. The minimum atomic E-state index is -0.653. The maximum absolute atomic E-state index is 11.2. The van der Waals surface area contributed by atoms with Gasteiger partial charge in [0.05, 0.1) is 5.92 Å². The second-order valence-electron chi connectivity index (χ2n) is 13.3. The molecule has 5 nitrogen and oxygen atoms in total. The number of hydrogen-bond donors (Lipinski definition) is 3. The lowest BCUT2D eigenvalue weighted by molar-refractivity contribution is -0.137. The molecule has 0 aromatic heterocycles. The molecule has 2 atom stereocenters. The van der Waals surface area contributed by atoms with E-state index in [0.29, 0.717) is 6.42 Å². The Balaban J connectivity index is 0. The molecular formula is C38H78N2O3. The molecule has 0 heterocycles. The summed E-state index contributed by atoms with van der Waals surface area (Å²) < 4.78 is 0. The van der Waals surface area contributed by atoms with Gasteiger partial charge in [-0.3, -0.25) is 9.59 Å². The van der Waals surface area contributed by atoms with Crippen LogP contribution in [0.5, 0.6) is 0 Å². The summed E-state index contributed by atoms with van der Waals surface area (Å²) in [6.45, 7) is 6.42. The van der Waals surface area contributed by atoms with Crippen LogP contribution in [0.1, 0.15) is 220 Å². The summed E-state index contributed by atoms with van der Waals surface area (Å²) in [4.78, 5) is 21.6. The molecule has 1 amide bonds. The number of nitrogens with two attached hydrogens (primary N) is 2. The van der Waals surface area contributed by atoms with Crippen molar-refractivity contribution in [3.05, 3.63) is 0 Å². The Labute approximate surface area is 269 Å². The van der Waals surface area contributed by atoms with Crippen LogP contribution in [0.4, 0.5) is 0 Å². The van der Waals surface area contributed by atoms with Gasteiger partial charge in [-0.15, -0.1) is 0 Å². The number of carbonyl (C=O) groups is 2. The maximum atomic E-state index is 11.2. The van der Waals surface area contributed by atoms with Crippen molar-refractivity contribution in [2.75, 3.05) is 0 Å². The first-order valence-corrected chi connectivity index (χ1v) is 19.1. The van der Waals surface area contributed by atoms with E-state index in [9.17, 15) is 9.59 Å². The fourth-order valence-corrected chi connectivity index (χ4v) is 5.87. The molecule has 0 aliphatic carbocycles. The Morgan fingerprint density at radius 1 is 0.488 bits per heavy atom. The number of carbonyl (C=O) groups excluding carboxylic acids is 1. The largest absolute Gasteiger partial charge is 0.481 e. The van der Waals surface area contributed by atoms with Crippen molar-refractivity contribution >= 4 is 11.9 Å². The Kier molecular flexibility index (Phi) is 38.0. The minimum Gasteiger partial charge on any atom is -0.481 e. The molecule has 0 aromatic carbocycles. The third-order valence-electron chi connectivity index (χ3n) is 8.86. The van der Waals surface area contributed by atoms with Gasteiger partial charge < -0.3 is 16.6 Å². The van der Waals surface area contributed by atoms with Gasteiger partial charge >= 0.3 is 5.97 Å². The summed E-state index contributed by atoms with van der Waals surface area (Å²) in [5.74, 6) is -1.04. The molecule has 0 bridgehead atoms. The molecule has 2 unspecified atom stereocenters. The highest BCUT2D eigenvalue weighted by atomic mass is 16.4. The molecule has 43 heavy (non-hydrogen) atoms. The predicted molar refractivity (Wildman–Crippen MR) is 188 cm³/mol. The van der Waals surface area contributed by atoms with Crippen LogP contribution in [-0.4, -0.2) is 23.0 Å². The molecule has 5 heteroatoms. The zero-order valence-corrected chi connectivity index (χ0v) is 29.5. The third kappa shape index (κ3) is 38.9. The lowest BCUT2D eigenvalue weighted by Gasteiger charge is -2.16. The van der Waals surface area contributed by atoms with Crippen LogP contribution in [0.3, 0.4) is 0 Å². The van der Waals surface area contributed by atoms with Gasteiger partial charge in [-0.25, -0.2) is 0 Å². The zero-order chi connectivity index (χ0) is 32.2. The Hall–Kier alpha value is -1.10. The fourth-order valence-electron chi connectivity index (χ4n) is 5.87. The van der Waals surface area contributed by atoms with Crippen LogP contribution in [-0.2, 0) is 9.59 Å². The number of aliphatic carboxylic acids is 1. The number of hydrogen-bond acceptors (Lipinski definition) is 3. The third-order valence-corrected chi connectivity index (χ3v) is 8.86. The topological polar surface area (TPSA) is 106 Å². The van der Waals surface area contributed by atoms with Crippen LogP contribution in [0.25, 0.3) is 0 Å². The van der Waals surface area contributed by atoms with Gasteiger partial charge in [0.1, 0.15) is 0 Å². The number of primary amides is 1. The number of unbranched alkanes of at least 4 members (excludes halogenated alkanes) is 27. The Bertz CT molecular complexity index is 567. The molecular weight excluding hydrogens is 532 g/mol. The van der Waals surface area contributed by atoms with E-state index in [4.69, 9.17) is 16.6 Å². The summed E-state index contributed by atoms with van der Waals surface area (Å²) in [7, 11) is 0. The SMILES string of the molecule is CCCCCCCCCCCCCCCCC(C(N)=O)C(C)N.CCCCCCCCCCCCCCCCCC(=O)O. The molecule has 0 saturated heterocycles. The summed E-state index contributed by atoms with van der Waals surface area (Å²) in [5, 5.41) is 8.52. The van der Waals surface area contributed by atoms with Crippen LogP contribution < -0.4 is 11.5 Å². The first-order chi connectivity index (χ1) is 20.9. The van der Waals surface area contributed by atoms with E-state index in [1.807, 2.05) is 6.92 Å². The number of rotatable bonds is 33. The highest BCUT2D eigenvalue weighted by Crippen LogP contribution is 2.17. The number of amides is 1. The minimum absolute atomic E-state index is 0.116. The number of carboxylic acids is 1. The summed E-state index contributed by atoms with van der Waals surface area (Å²) in [6.07, 6.45) is 40.0. The predicted octanol–water partition coefficient (Wildman–Crippen LogP) is 11.6. The second-order valence-corrected chi connectivity index (χ2v) is 13.3. The molecule has 5 N–H and O–H groups in total. The van der Waals surface area contributed by atoms with Crippen molar-refractivity contribution in [3.8, 4) is 0 Å². The summed E-state index contributed by atoms with van der Waals surface area (Å²) in [5.41, 5.74) is 11.2. The second kappa shape index (κ2) is 37.1. The molecule has 0 aromatic rings. The first-order valence-electron chi connectivity index (χ1n) is 19.1. The molecule has 0 saturated carbocycles. The van der Waals surface area contributed by atoms with Crippen molar-refractivity contribution in [3.63, 3.8) is 0 Å². The fraction of sp³-hybridized carbons (Fsp3) is 0.947. The average Bonchev–Trinajstić information content (AvgIpc) is 2.97. The van der Waals surface area contributed by atoms with Crippen LogP contribution in [0.15, 0.2) is 0 Å². The van der Waals surface area contributed by atoms with Crippen LogP contribution in [0.2, 0.25) is 0 Å².